The fourth-order valence-corrected chi connectivity index (χ4v) is 5.48. The Hall–Kier alpha value is -2.32. The van der Waals surface area contributed by atoms with E-state index < -0.39 is 0 Å². The third kappa shape index (κ3) is 11.3. The Balaban J connectivity index is 0.00000291. The number of nitrogens with one attached hydrogen (secondary N) is 1. The van der Waals surface area contributed by atoms with Crippen LogP contribution >= 0.6 is 0 Å². The molecule has 1 unspecified atom stereocenters. The molecule has 1 N–H and O–H groups in total. The second kappa shape index (κ2) is 20.5. The molecule has 1 aliphatic carbocycles. The first-order valence-corrected chi connectivity index (χ1v) is 15.9. The first-order chi connectivity index (χ1) is 18.8. The fourth-order valence-electron chi connectivity index (χ4n) is 5.48. The van der Waals surface area contributed by atoms with E-state index in [1.54, 1.807) is 0 Å². The summed E-state index contributed by atoms with van der Waals surface area (Å²) in [5, 5.41) is 3.67. The highest BCUT2D eigenvalue weighted by Crippen LogP contribution is 2.40. The largest absolute Gasteiger partial charge is 0.369 e. The smallest absolute Gasteiger partial charge is 0.0384 e. The highest BCUT2D eigenvalue weighted by atomic mass is 15.2. The number of hydrogen-bond acceptors (Lipinski definition) is 2. The number of aryl methyl sites for hydroxylation is 1. The first kappa shape index (κ1) is 37.7. The predicted octanol–water partition coefficient (Wildman–Crippen LogP) is 11.1. The molecule has 226 valence electrons. The standard InChI is InChI=1S/C33H48N2.2C2H6.CH4/c1-8-10-11-12-13-16-29(9-2)33-31(21-26(5)30-17-14-15-24(3)18-30)19-25(4)20-32(33)35-23-27(6)34-22-28(35)7;2*1-2;/h9,13-19,25,27-28,34H,5,8,10-12,20-23H2,1-4,6-7H3;2*1-2H3;1H4/b16-13+,29-9-;;;/t25?,27-,28+;;;/m1.../s1. The minimum atomic E-state index is 0. The van der Waals surface area contributed by atoms with Gasteiger partial charge in [0.15, 0.2) is 0 Å². The molecule has 0 amide bonds. The van der Waals surface area contributed by atoms with Crippen LogP contribution in [0.3, 0.4) is 0 Å². The molecule has 0 spiro atoms. The quantitative estimate of drug-likeness (QED) is 0.231. The maximum atomic E-state index is 4.54. The molecule has 1 aromatic carbocycles. The number of nitrogens with zero attached hydrogens (tertiary/aromatic N) is 1. The summed E-state index contributed by atoms with van der Waals surface area (Å²) in [7, 11) is 0. The van der Waals surface area contributed by atoms with Crippen molar-refractivity contribution >= 4 is 5.57 Å². The van der Waals surface area contributed by atoms with Crippen LogP contribution in [0, 0.1) is 12.8 Å². The Morgan fingerprint density at radius 3 is 2.42 bits per heavy atom. The highest BCUT2D eigenvalue weighted by Gasteiger charge is 2.31. The van der Waals surface area contributed by atoms with Gasteiger partial charge >= 0.3 is 0 Å². The number of rotatable bonds is 10. The van der Waals surface area contributed by atoms with Crippen molar-refractivity contribution in [1.29, 1.82) is 0 Å². The molecule has 40 heavy (non-hydrogen) atoms. The SMILES string of the molecule is C.C=C(CC1=CC(C)CC(N2C[C@@H](C)NC[C@@H]2C)=C1C(=C\C)/C=C/CCCCC)c1cccc(C)c1.CC.CC. The molecular weight excluding hydrogens is 484 g/mol. The van der Waals surface area contributed by atoms with Gasteiger partial charge in [0.2, 0.25) is 0 Å². The molecule has 2 aliphatic rings. The lowest BCUT2D eigenvalue weighted by Crippen LogP contribution is -2.54. The summed E-state index contributed by atoms with van der Waals surface area (Å²) in [6.45, 7) is 28.3. The van der Waals surface area contributed by atoms with Gasteiger partial charge in [0.1, 0.15) is 0 Å². The third-order valence-electron chi connectivity index (χ3n) is 7.42. The Labute approximate surface area is 250 Å². The van der Waals surface area contributed by atoms with Crippen molar-refractivity contribution in [3.05, 3.63) is 88.7 Å². The van der Waals surface area contributed by atoms with Gasteiger partial charge in [-0.2, -0.15) is 0 Å². The summed E-state index contributed by atoms with van der Waals surface area (Å²) in [4.78, 5) is 2.70. The van der Waals surface area contributed by atoms with E-state index in [0.29, 0.717) is 18.0 Å². The van der Waals surface area contributed by atoms with Crippen LogP contribution in [0.15, 0.2) is 77.6 Å². The van der Waals surface area contributed by atoms with Gasteiger partial charge < -0.3 is 10.2 Å². The average Bonchev–Trinajstić information content (AvgIpc) is 2.94. The fraction of sp³-hybridized carbons (Fsp3) is 0.579. The van der Waals surface area contributed by atoms with E-state index in [4.69, 9.17) is 0 Å². The van der Waals surface area contributed by atoms with Crippen LogP contribution in [0.1, 0.15) is 119 Å². The lowest BCUT2D eigenvalue weighted by Gasteiger charge is -2.44. The molecule has 1 fully saturated rings. The number of allylic oxidation sites excluding steroid dienone is 9. The normalized spacial score (nSPS) is 21.1. The van der Waals surface area contributed by atoms with Gasteiger partial charge in [-0.3, -0.25) is 0 Å². The van der Waals surface area contributed by atoms with Crippen molar-refractivity contribution in [3.8, 4) is 0 Å². The molecule has 3 atom stereocenters. The molecule has 0 aromatic heterocycles. The predicted molar refractivity (Wildman–Crippen MR) is 184 cm³/mol. The topological polar surface area (TPSA) is 15.3 Å². The maximum absolute atomic E-state index is 4.54. The van der Waals surface area contributed by atoms with Crippen LogP contribution in [0.5, 0.6) is 0 Å². The van der Waals surface area contributed by atoms with Gasteiger partial charge in [-0.1, -0.05) is 123 Å². The molecule has 3 rings (SSSR count). The van der Waals surface area contributed by atoms with Gasteiger partial charge in [-0.05, 0) is 81.6 Å². The third-order valence-corrected chi connectivity index (χ3v) is 7.42. The zero-order valence-corrected chi connectivity index (χ0v) is 27.2. The summed E-state index contributed by atoms with van der Waals surface area (Å²) in [6.07, 6.45) is 16.6. The van der Waals surface area contributed by atoms with Gasteiger partial charge in [0.25, 0.3) is 0 Å². The van der Waals surface area contributed by atoms with Crippen LogP contribution in [-0.2, 0) is 0 Å². The van der Waals surface area contributed by atoms with Crippen LogP contribution in [0.4, 0.5) is 0 Å². The van der Waals surface area contributed by atoms with Gasteiger partial charge in [0.05, 0.1) is 0 Å². The first-order valence-electron chi connectivity index (χ1n) is 15.9. The number of unbranched alkanes of at least 4 members (excludes halogenated alkanes) is 3. The second-order valence-corrected chi connectivity index (χ2v) is 10.8. The van der Waals surface area contributed by atoms with E-state index in [0.717, 1.165) is 32.4 Å². The van der Waals surface area contributed by atoms with Crippen molar-refractivity contribution in [2.45, 2.75) is 127 Å². The number of hydrogen-bond donors (Lipinski definition) is 1. The Kier molecular flexibility index (Phi) is 19.3. The van der Waals surface area contributed by atoms with E-state index in [1.165, 1.54) is 58.4 Å². The Bertz CT molecular complexity index is 991. The van der Waals surface area contributed by atoms with E-state index in [2.05, 4.69) is 107 Å². The van der Waals surface area contributed by atoms with Crippen LogP contribution in [0.25, 0.3) is 5.57 Å². The molecule has 1 saturated heterocycles. The molecule has 0 bridgehead atoms. The molecule has 0 radical (unpaired) electrons. The van der Waals surface area contributed by atoms with E-state index in [1.807, 2.05) is 27.7 Å². The van der Waals surface area contributed by atoms with Crippen molar-refractivity contribution in [2.75, 3.05) is 13.1 Å². The molecule has 1 aliphatic heterocycles. The van der Waals surface area contributed by atoms with E-state index in [-0.39, 0.29) is 7.43 Å². The van der Waals surface area contributed by atoms with Gasteiger partial charge in [-0.25, -0.2) is 0 Å². The lowest BCUT2D eigenvalue weighted by atomic mass is 9.80. The lowest BCUT2D eigenvalue weighted by molar-refractivity contribution is 0.179. The molecule has 0 saturated carbocycles. The van der Waals surface area contributed by atoms with Crippen LogP contribution < -0.4 is 5.32 Å². The Morgan fingerprint density at radius 1 is 1.10 bits per heavy atom. The van der Waals surface area contributed by atoms with Crippen molar-refractivity contribution in [1.82, 2.24) is 10.2 Å². The zero-order chi connectivity index (χ0) is 29.4. The minimum Gasteiger partial charge on any atom is -0.369 e. The van der Waals surface area contributed by atoms with Crippen LogP contribution in [-0.4, -0.2) is 30.1 Å². The molecule has 1 heterocycles. The summed E-state index contributed by atoms with van der Waals surface area (Å²) < 4.78 is 0. The monoisotopic (exact) mass is 549 g/mol. The highest BCUT2D eigenvalue weighted by molar-refractivity contribution is 5.70. The summed E-state index contributed by atoms with van der Waals surface area (Å²) >= 11 is 0. The van der Waals surface area contributed by atoms with E-state index in [9.17, 15) is 0 Å². The zero-order valence-electron chi connectivity index (χ0n) is 27.2. The Morgan fingerprint density at radius 2 is 1.80 bits per heavy atom. The van der Waals surface area contributed by atoms with Crippen LogP contribution in [0.2, 0.25) is 0 Å². The molecule has 2 heteroatoms. The maximum Gasteiger partial charge on any atom is 0.0384 e. The van der Waals surface area contributed by atoms with Crippen molar-refractivity contribution < 1.29 is 0 Å². The summed E-state index contributed by atoms with van der Waals surface area (Å²) in [5.74, 6) is 0.526. The van der Waals surface area contributed by atoms with Gasteiger partial charge in [-0.15, -0.1) is 0 Å². The van der Waals surface area contributed by atoms with E-state index >= 15 is 0 Å². The second-order valence-electron chi connectivity index (χ2n) is 10.8. The molecule has 1 aromatic rings. The molecular formula is C38H64N2. The number of benzene rings is 1. The average molecular weight is 549 g/mol. The number of piperazine rings is 1. The summed E-state index contributed by atoms with van der Waals surface area (Å²) in [6, 6.07) is 9.78. The minimum absolute atomic E-state index is 0. The van der Waals surface area contributed by atoms with Gasteiger partial charge in [0, 0.05) is 36.4 Å². The van der Waals surface area contributed by atoms with Crippen molar-refractivity contribution in [3.63, 3.8) is 0 Å². The summed E-state index contributed by atoms with van der Waals surface area (Å²) in [5.41, 5.74) is 9.53. The molecule has 2 nitrogen and oxygen atoms in total. The van der Waals surface area contributed by atoms with Crippen molar-refractivity contribution in [2.24, 2.45) is 5.92 Å².